The molecule has 7 nitrogen and oxygen atoms in total. The van der Waals surface area contributed by atoms with Crippen molar-refractivity contribution in [2.24, 2.45) is 10.9 Å². The highest BCUT2D eigenvalue weighted by atomic mass is 35.5. The average molecular weight is 521 g/mol. The third-order valence-corrected chi connectivity index (χ3v) is 6.34. The Morgan fingerprint density at radius 2 is 1.76 bits per heavy atom. The number of amidine groups is 1. The normalized spacial score (nSPS) is 15.3. The van der Waals surface area contributed by atoms with Crippen molar-refractivity contribution in [3.8, 4) is 0 Å². The van der Waals surface area contributed by atoms with Crippen molar-refractivity contribution in [1.29, 1.82) is 0 Å². The topological polar surface area (TPSA) is 83.0 Å². The summed E-state index contributed by atoms with van der Waals surface area (Å²) in [4.78, 5) is 31.3. The van der Waals surface area contributed by atoms with Crippen molar-refractivity contribution in [2.45, 2.75) is 20.3 Å². The lowest BCUT2D eigenvalue weighted by Crippen LogP contribution is -2.40. The van der Waals surface area contributed by atoms with Crippen LogP contribution in [0.1, 0.15) is 36.2 Å². The quantitative estimate of drug-likeness (QED) is 0.186. The van der Waals surface area contributed by atoms with Crippen molar-refractivity contribution < 1.29 is 14.3 Å². The van der Waals surface area contributed by atoms with Crippen molar-refractivity contribution in [2.75, 3.05) is 36.9 Å². The average Bonchev–Trinajstić information content (AvgIpc) is 2.94. The standard InChI is InChI=1S/C29H33ClN4O3/c1-5-20(4)28(32-23-13-11-21(12-14-23)29(36)34-15-17-37-18-16-34)33-27(25(30)6-2)22-9-8-10-24(19-22)31-26(35)7-3/h6-14,19-20H,2-3,5,15-18H2,1,4H3,(H,31,35)(H,32,33)/b27-25+. The number of benzene rings is 2. The van der Waals surface area contributed by atoms with Gasteiger partial charge in [0.25, 0.3) is 5.91 Å². The van der Waals surface area contributed by atoms with Crippen molar-refractivity contribution in [3.63, 3.8) is 0 Å². The van der Waals surface area contributed by atoms with Gasteiger partial charge in [-0.3, -0.25) is 9.59 Å². The van der Waals surface area contributed by atoms with Crippen LogP contribution in [0.3, 0.4) is 0 Å². The number of halogens is 1. The molecule has 1 saturated heterocycles. The van der Waals surface area contributed by atoms with E-state index in [1.165, 1.54) is 12.2 Å². The van der Waals surface area contributed by atoms with Crippen molar-refractivity contribution in [1.82, 2.24) is 4.90 Å². The number of nitrogens with one attached hydrogen (secondary N) is 2. The molecular weight excluding hydrogens is 488 g/mol. The van der Waals surface area contributed by atoms with Gasteiger partial charge in [0.1, 0.15) is 5.84 Å². The second-order valence-corrected chi connectivity index (χ2v) is 9.00. The maximum absolute atomic E-state index is 12.8. The fourth-order valence-electron chi connectivity index (χ4n) is 3.66. The Hall–Kier alpha value is -3.68. The molecule has 0 aliphatic carbocycles. The van der Waals surface area contributed by atoms with E-state index >= 15 is 0 Å². The van der Waals surface area contributed by atoms with Crippen LogP contribution < -0.4 is 10.6 Å². The highest BCUT2D eigenvalue weighted by Gasteiger charge is 2.19. The number of anilines is 2. The van der Waals surface area contributed by atoms with Gasteiger partial charge in [0, 0.05) is 41.5 Å². The molecule has 3 rings (SSSR count). The van der Waals surface area contributed by atoms with E-state index in [0.29, 0.717) is 54.1 Å². The van der Waals surface area contributed by atoms with E-state index < -0.39 is 0 Å². The first kappa shape index (κ1) is 27.9. The van der Waals surface area contributed by atoms with Crippen molar-refractivity contribution >= 4 is 46.3 Å². The van der Waals surface area contributed by atoms with E-state index in [-0.39, 0.29) is 17.7 Å². The second kappa shape index (κ2) is 13.6. The van der Waals surface area contributed by atoms with Gasteiger partial charge >= 0.3 is 0 Å². The lowest BCUT2D eigenvalue weighted by atomic mass is 10.1. The van der Waals surface area contributed by atoms with Crippen LogP contribution in [0.4, 0.5) is 11.4 Å². The molecule has 0 aromatic heterocycles. The van der Waals surface area contributed by atoms with Gasteiger partial charge in [0.15, 0.2) is 0 Å². The molecule has 1 unspecified atom stereocenters. The minimum Gasteiger partial charge on any atom is -0.378 e. The molecule has 0 spiro atoms. The molecule has 1 heterocycles. The number of hydrogen-bond acceptors (Lipinski definition) is 4. The van der Waals surface area contributed by atoms with Gasteiger partial charge in [0.2, 0.25) is 5.91 Å². The molecule has 2 N–H and O–H groups in total. The third kappa shape index (κ3) is 7.65. The van der Waals surface area contributed by atoms with E-state index in [9.17, 15) is 9.59 Å². The van der Waals surface area contributed by atoms with Crippen LogP contribution in [0.5, 0.6) is 0 Å². The molecule has 2 aromatic carbocycles. The number of ether oxygens (including phenoxy) is 1. The molecular formula is C29H33ClN4O3. The lowest BCUT2D eigenvalue weighted by Gasteiger charge is -2.27. The van der Waals surface area contributed by atoms with Crippen molar-refractivity contribution in [3.05, 3.63) is 90.0 Å². The van der Waals surface area contributed by atoms with Gasteiger partial charge in [0.05, 0.1) is 23.9 Å². The highest BCUT2D eigenvalue weighted by Crippen LogP contribution is 2.28. The Bertz CT molecular complexity index is 1200. The van der Waals surface area contributed by atoms with Gasteiger partial charge in [-0.25, -0.2) is 4.99 Å². The second-order valence-electron chi connectivity index (χ2n) is 8.59. The first-order valence-electron chi connectivity index (χ1n) is 12.2. The largest absolute Gasteiger partial charge is 0.378 e. The maximum atomic E-state index is 12.8. The van der Waals surface area contributed by atoms with Gasteiger partial charge in [-0.05, 0) is 55.0 Å². The Morgan fingerprint density at radius 3 is 2.38 bits per heavy atom. The number of amides is 2. The molecule has 37 heavy (non-hydrogen) atoms. The van der Waals surface area contributed by atoms with Crippen LogP contribution >= 0.6 is 11.6 Å². The van der Waals surface area contributed by atoms with Crippen LogP contribution in [0.15, 0.2) is 83.9 Å². The van der Waals surface area contributed by atoms with Crippen LogP contribution in [-0.4, -0.2) is 48.9 Å². The number of aliphatic imine (C=N–C) groups is 1. The zero-order valence-corrected chi connectivity index (χ0v) is 22.1. The summed E-state index contributed by atoms with van der Waals surface area (Å²) in [6.07, 6.45) is 3.59. The molecule has 194 valence electrons. The van der Waals surface area contributed by atoms with Gasteiger partial charge < -0.3 is 20.3 Å². The Morgan fingerprint density at radius 1 is 1.05 bits per heavy atom. The molecule has 1 aliphatic rings. The van der Waals surface area contributed by atoms with Crippen LogP contribution in [0.25, 0.3) is 5.70 Å². The van der Waals surface area contributed by atoms with Crippen LogP contribution in [0.2, 0.25) is 0 Å². The first-order chi connectivity index (χ1) is 17.9. The summed E-state index contributed by atoms with van der Waals surface area (Å²) in [6.45, 7) is 13.8. The Kier molecular flexibility index (Phi) is 10.2. The maximum Gasteiger partial charge on any atom is 0.254 e. The molecule has 1 fully saturated rings. The Labute approximate surface area is 223 Å². The van der Waals surface area contributed by atoms with Gasteiger partial charge in [-0.1, -0.05) is 50.7 Å². The summed E-state index contributed by atoms with van der Waals surface area (Å²) in [7, 11) is 0. The summed E-state index contributed by atoms with van der Waals surface area (Å²) in [5, 5.41) is 6.54. The lowest BCUT2D eigenvalue weighted by molar-refractivity contribution is -0.111. The van der Waals surface area contributed by atoms with E-state index in [2.05, 4.69) is 37.6 Å². The Balaban J connectivity index is 1.89. The smallest absolute Gasteiger partial charge is 0.254 e. The number of morpholine rings is 1. The first-order valence-corrected chi connectivity index (χ1v) is 12.6. The van der Waals surface area contributed by atoms with E-state index in [1.807, 2.05) is 36.4 Å². The number of allylic oxidation sites excluding steroid dienone is 2. The molecule has 1 atom stereocenters. The van der Waals surface area contributed by atoms with Crippen LogP contribution in [-0.2, 0) is 9.53 Å². The summed E-state index contributed by atoms with van der Waals surface area (Å²) < 4.78 is 5.34. The number of carbonyl (C=O) groups is 2. The third-order valence-electron chi connectivity index (χ3n) is 6.01. The zero-order chi connectivity index (χ0) is 26.8. The minimum atomic E-state index is -0.307. The predicted octanol–water partition coefficient (Wildman–Crippen LogP) is 5.93. The van der Waals surface area contributed by atoms with Gasteiger partial charge in [-0.2, -0.15) is 0 Å². The van der Waals surface area contributed by atoms with E-state index in [4.69, 9.17) is 21.3 Å². The summed E-state index contributed by atoms with van der Waals surface area (Å²) in [6, 6.07) is 14.6. The molecule has 2 aromatic rings. The molecule has 8 heteroatoms. The molecule has 0 bridgehead atoms. The monoisotopic (exact) mass is 520 g/mol. The predicted molar refractivity (Wildman–Crippen MR) is 152 cm³/mol. The summed E-state index contributed by atoms with van der Waals surface area (Å²) in [5.74, 6) is 0.489. The number of hydrogen-bond donors (Lipinski definition) is 2. The van der Waals surface area contributed by atoms with Crippen LogP contribution in [0, 0.1) is 5.92 Å². The fourth-order valence-corrected chi connectivity index (χ4v) is 3.81. The SMILES string of the molecule is C=CC(=O)Nc1cccc(/C(N=C(Nc2ccc(C(=O)N3CCOCC3)cc2)C(C)CC)=C(\Cl)C=C)c1. The molecule has 1 aliphatic heterocycles. The molecule has 0 saturated carbocycles. The van der Waals surface area contributed by atoms with E-state index in [0.717, 1.165) is 17.7 Å². The zero-order valence-electron chi connectivity index (χ0n) is 21.3. The minimum absolute atomic E-state index is 0.00271. The number of carbonyl (C=O) groups excluding carboxylic acids is 2. The highest BCUT2D eigenvalue weighted by molar-refractivity contribution is 6.34. The fraction of sp³-hybridized carbons (Fsp3) is 0.276. The summed E-state index contributed by atoms with van der Waals surface area (Å²) in [5.41, 5.74) is 3.28. The number of rotatable bonds is 9. The molecule has 2 amide bonds. The van der Waals surface area contributed by atoms with E-state index in [1.54, 1.807) is 17.0 Å². The molecule has 0 radical (unpaired) electrons. The van der Waals surface area contributed by atoms with Gasteiger partial charge in [-0.15, -0.1) is 0 Å². The summed E-state index contributed by atoms with van der Waals surface area (Å²) >= 11 is 6.55. The number of nitrogens with zero attached hydrogens (tertiary/aromatic N) is 2.